The number of amides is 1. The van der Waals surface area contributed by atoms with Gasteiger partial charge in [-0.2, -0.15) is 0 Å². The fraction of sp³-hybridized carbons (Fsp3) is 0.185. The van der Waals surface area contributed by atoms with E-state index < -0.39 is 0 Å². The molecule has 0 unspecified atom stereocenters. The number of ether oxygens (including phenoxy) is 1. The van der Waals surface area contributed by atoms with Crippen molar-refractivity contribution in [1.29, 1.82) is 0 Å². The number of anilines is 1. The maximum atomic E-state index is 13.1. The highest BCUT2D eigenvalue weighted by molar-refractivity contribution is 6.29. The smallest absolute Gasteiger partial charge is 0.338 e. The third kappa shape index (κ3) is 6.68. The number of benzene rings is 3. The van der Waals surface area contributed by atoms with Crippen molar-refractivity contribution in [2.45, 2.75) is 26.2 Å². The summed E-state index contributed by atoms with van der Waals surface area (Å²) in [5.41, 5.74) is 3.42. The molecule has 0 aliphatic rings. The van der Waals surface area contributed by atoms with Crippen LogP contribution in [0.2, 0.25) is 0 Å². The summed E-state index contributed by atoms with van der Waals surface area (Å²) in [6, 6.07) is 26.0. The highest BCUT2D eigenvalue weighted by Crippen LogP contribution is 2.21. The van der Waals surface area contributed by atoms with E-state index in [1.807, 2.05) is 66.7 Å². The van der Waals surface area contributed by atoms with Gasteiger partial charge in [0.05, 0.1) is 12.2 Å². The number of rotatable bonds is 9. The average molecular weight is 414 g/mol. The van der Waals surface area contributed by atoms with Gasteiger partial charge >= 0.3 is 5.97 Å². The fourth-order valence-electron chi connectivity index (χ4n) is 3.10. The summed E-state index contributed by atoms with van der Waals surface area (Å²) in [6.45, 7) is 2.53. The molecule has 3 aromatic rings. The Labute approximate surface area is 183 Å². The third-order valence-electron chi connectivity index (χ3n) is 4.80. The van der Waals surface area contributed by atoms with Crippen LogP contribution in [0.3, 0.4) is 0 Å². The molecule has 0 saturated heterocycles. The first kappa shape index (κ1) is 22.0. The molecule has 3 rings (SSSR count). The van der Waals surface area contributed by atoms with Crippen molar-refractivity contribution >= 4 is 29.2 Å². The molecule has 0 heterocycles. The van der Waals surface area contributed by atoms with Gasteiger partial charge in [-0.3, -0.25) is 4.79 Å². The Bertz CT molecular complexity index is 1010. The zero-order chi connectivity index (χ0) is 21.9. The first-order valence-electron chi connectivity index (χ1n) is 10.6. The monoisotopic (exact) mass is 413 g/mol. The lowest BCUT2D eigenvalue weighted by molar-refractivity contribution is -0.111. The Morgan fingerprint density at radius 1 is 0.806 bits per heavy atom. The molecular formula is C27H27NO3. The second-order valence-corrected chi connectivity index (χ2v) is 7.21. The minimum Gasteiger partial charge on any atom is -0.462 e. The standard InChI is InChI=1S/C27H27NO3/c1-2-3-10-19-31-27(30)23-15-17-24(18-16-23)28-26(29)25(22-13-8-5-9-14-22)20-21-11-6-4-7-12-21/h4-9,11-18,20H,2-3,10,19H2,1H3,(H,28,29)/b25-20+. The van der Waals surface area contributed by atoms with Gasteiger partial charge in [0.2, 0.25) is 0 Å². The molecule has 1 N–H and O–H groups in total. The van der Waals surface area contributed by atoms with E-state index in [4.69, 9.17) is 4.74 Å². The molecule has 0 atom stereocenters. The molecule has 0 fully saturated rings. The van der Waals surface area contributed by atoms with Crippen LogP contribution in [-0.2, 0) is 9.53 Å². The Morgan fingerprint density at radius 2 is 1.45 bits per heavy atom. The number of carbonyl (C=O) groups is 2. The van der Waals surface area contributed by atoms with Crippen LogP contribution >= 0.6 is 0 Å². The van der Waals surface area contributed by atoms with Crippen LogP contribution in [0.5, 0.6) is 0 Å². The molecule has 3 aromatic carbocycles. The number of unbranched alkanes of at least 4 members (excludes halogenated alkanes) is 2. The van der Waals surface area contributed by atoms with Crippen LogP contribution in [0.4, 0.5) is 5.69 Å². The van der Waals surface area contributed by atoms with Gasteiger partial charge < -0.3 is 10.1 Å². The van der Waals surface area contributed by atoms with Crippen molar-refractivity contribution in [2.75, 3.05) is 11.9 Å². The SMILES string of the molecule is CCCCCOC(=O)c1ccc(NC(=O)/C(=C/c2ccccc2)c2ccccc2)cc1. The normalized spacial score (nSPS) is 11.1. The highest BCUT2D eigenvalue weighted by Gasteiger charge is 2.13. The van der Waals surface area contributed by atoms with E-state index in [0.717, 1.165) is 30.4 Å². The number of esters is 1. The van der Waals surface area contributed by atoms with E-state index in [1.54, 1.807) is 24.3 Å². The molecule has 31 heavy (non-hydrogen) atoms. The second-order valence-electron chi connectivity index (χ2n) is 7.21. The van der Waals surface area contributed by atoms with Crippen molar-refractivity contribution in [2.24, 2.45) is 0 Å². The number of hydrogen-bond donors (Lipinski definition) is 1. The first-order valence-corrected chi connectivity index (χ1v) is 10.6. The van der Waals surface area contributed by atoms with Gasteiger partial charge in [0.15, 0.2) is 0 Å². The van der Waals surface area contributed by atoms with Crippen LogP contribution in [0.15, 0.2) is 84.9 Å². The predicted octanol–water partition coefficient (Wildman–Crippen LogP) is 6.21. The van der Waals surface area contributed by atoms with Crippen molar-refractivity contribution in [3.8, 4) is 0 Å². The molecule has 4 nitrogen and oxygen atoms in total. The summed E-state index contributed by atoms with van der Waals surface area (Å²) in [4.78, 5) is 25.2. The molecule has 0 aliphatic carbocycles. The summed E-state index contributed by atoms with van der Waals surface area (Å²) < 4.78 is 5.28. The molecule has 0 bridgehead atoms. The van der Waals surface area contributed by atoms with Crippen LogP contribution in [0.1, 0.15) is 47.7 Å². The maximum Gasteiger partial charge on any atom is 0.338 e. The van der Waals surface area contributed by atoms with Crippen molar-refractivity contribution < 1.29 is 14.3 Å². The van der Waals surface area contributed by atoms with E-state index in [-0.39, 0.29) is 11.9 Å². The number of carbonyl (C=O) groups excluding carboxylic acids is 2. The molecule has 158 valence electrons. The molecule has 0 aliphatic heterocycles. The largest absolute Gasteiger partial charge is 0.462 e. The number of hydrogen-bond acceptors (Lipinski definition) is 3. The number of nitrogens with one attached hydrogen (secondary N) is 1. The fourth-order valence-corrected chi connectivity index (χ4v) is 3.10. The van der Waals surface area contributed by atoms with Crippen molar-refractivity contribution in [3.63, 3.8) is 0 Å². The minimum absolute atomic E-state index is 0.218. The summed E-state index contributed by atoms with van der Waals surface area (Å²) in [5.74, 6) is -0.562. The van der Waals surface area contributed by atoms with Crippen LogP contribution < -0.4 is 5.32 Å². The summed E-state index contributed by atoms with van der Waals surface area (Å²) >= 11 is 0. The Balaban J connectivity index is 1.72. The van der Waals surface area contributed by atoms with Gasteiger partial charge in [-0.05, 0) is 47.9 Å². The van der Waals surface area contributed by atoms with Crippen molar-refractivity contribution in [3.05, 3.63) is 102 Å². The zero-order valence-corrected chi connectivity index (χ0v) is 17.7. The van der Waals surface area contributed by atoms with Gasteiger partial charge in [-0.15, -0.1) is 0 Å². The zero-order valence-electron chi connectivity index (χ0n) is 17.7. The second kappa shape index (κ2) is 11.5. The third-order valence-corrected chi connectivity index (χ3v) is 4.80. The topological polar surface area (TPSA) is 55.4 Å². The van der Waals surface area contributed by atoms with E-state index in [9.17, 15) is 9.59 Å². The Hall–Kier alpha value is -3.66. The summed E-state index contributed by atoms with van der Waals surface area (Å²) in [7, 11) is 0. The lowest BCUT2D eigenvalue weighted by Crippen LogP contribution is -2.14. The van der Waals surface area contributed by atoms with Gasteiger partial charge in [0.25, 0.3) is 5.91 Å². The van der Waals surface area contributed by atoms with Gasteiger partial charge in [0, 0.05) is 11.3 Å². The van der Waals surface area contributed by atoms with Crippen LogP contribution in [0, 0.1) is 0 Å². The van der Waals surface area contributed by atoms with Gasteiger partial charge in [-0.25, -0.2) is 4.79 Å². The molecular weight excluding hydrogens is 386 g/mol. The van der Waals surface area contributed by atoms with Crippen LogP contribution in [0.25, 0.3) is 11.6 Å². The highest BCUT2D eigenvalue weighted by atomic mass is 16.5. The average Bonchev–Trinajstić information content (AvgIpc) is 2.82. The summed E-state index contributed by atoms with van der Waals surface area (Å²) in [5, 5.41) is 2.93. The van der Waals surface area contributed by atoms with Crippen molar-refractivity contribution in [1.82, 2.24) is 0 Å². The molecule has 0 aromatic heterocycles. The Kier molecular flexibility index (Phi) is 8.18. The van der Waals surface area contributed by atoms with Gasteiger partial charge in [0.1, 0.15) is 0 Å². The molecule has 0 spiro atoms. The maximum absolute atomic E-state index is 13.1. The predicted molar refractivity (Wildman–Crippen MR) is 126 cm³/mol. The van der Waals surface area contributed by atoms with E-state index >= 15 is 0 Å². The van der Waals surface area contributed by atoms with Crippen LogP contribution in [-0.4, -0.2) is 18.5 Å². The first-order chi connectivity index (χ1) is 15.2. The molecule has 0 saturated carbocycles. The van der Waals surface area contributed by atoms with E-state index in [0.29, 0.717) is 23.4 Å². The molecule has 4 heteroatoms. The summed E-state index contributed by atoms with van der Waals surface area (Å²) in [6.07, 6.45) is 4.85. The lowest BCUT2D eigenvalue weighted by Gasteiger charge is -2.11. The molecule has 1 amide bonds. The quantitative estimate of drug-likeness (QED) is 0.196. The van der Waals surface area contributed by atoms with Gasteiger partial charge in [-0.1, -0.05) is 80.4 Å². The Morgan fingerprint density at radius 3 is 2.10 bits per heavy atom. The lowest BCUT2D eigenvalue weighted by atomic mass is 10.0. The van der Waals surface area contributed by atoms with E-state index in [2.05, 4.69) is 12.2 Å². The minimum atomic E-state index is -0.345. The molecule has 0 radical (unpaired) electrons. The van der Waals surface area contributed by atoms with E-state index in [1.165, 1.54) is 0 Å².